The Hall–Kier alpha value is -5.69. The summed E-state index contributed by atoms with van der Waals surface area (Å²) in [6.07, 6.45) is -3.30. The van der Waals surface area contributed by atoms with Crippen molar-refractivity contribution in [2.45, 2.75) is 69.5 Å². The second-order valence-electron chi connectivity index (χ2n) is 11.1. The van der Waals surface area contributed by atoms with E-state index >= 15 is 0 Å². The van der Waals surface area contributed by atoms with Gasteiger partial charge in [0.1, 0.15) is 18.1 Å². The summed E-state index contributed by atoms with van der Waals surface area (Å²) in [6, 6.07) is 10.4. The molecule has 1 saturated carbocycles. The van der Waals surface area contributed by atoms with Gasteiger partial charge in [-0.05, 0) is 67.0 Å². The average molecular weight is 731 g/mol. The summed E-state index contributed by atoms with van der Waals surface area (Å²) >= 11 is 0. The molecule has 276 valence electrons. The molecule has 3 aromatic heterocycles. The molecule has 1 atom stereocenters. The van der Waals surface area contributed by atoms with Gasteiger partial charge in [-0.25, -0.2) is 14.6 Å². The van der Waals surface area contributed by atoms with Gasteiger partial charge in [0.15, 0.2) is 0 Å². The summed E-state index contributed by atoms with van der Waals surface area (Å²) in [7, 11) is 0. The van der Waals surface area contributed by atoms with E-state index in [0.717, 1.165) is 49.4 Å². The van der Waals surface area contributed by atoms with Gasteiger partial charge in [-0.3, -0.25) is 19.4 Å². The molecule has 1 aliphatic heterocycles. The number of pyridine rings is 3. The van der Waals surface area contributed by atoms with Gasteiger partial charge in [0.05, 0.1) is 24.7 Å². The van der Waals surface area contributed by atoms with Crippen LogP contribution in [0.1, 0.15) is 60.2 Å². The van der Waals surface area contributed by atoms with Crippen LogP contribution in [0.4, 0.5) is 37.8 Å². The fourth-order valence-corrected chi connectivity index (χ4v) is 4.67. The lowest BCUT2D eigenvalue weighted by Crippen LogP contribution is -2.37. The lowest BCUT2D eigenvalue weighted by atomic mass is 10.1. The first-order valence-electron chi connectivity index (χ1n) is 15.1. The van der Waals surface area contributed by atoms with Crippen molar-refractivity contribution >= 4 is 35.3 Å². The number of nitrogens with zero attached hydrogens (tertiary/aromatic N) is 3. The van der Waals surface area contributed by atoms with Gasteiger partial charge >= 0.3 is 30.3 Å². The predicted octanol–water partition coefficient (Wildman–Crippen LogP) is 4.08. The number of halogens is 6. The fourth-order valence-electron chi connectivity index (χ4n) is 4.67. The van der Waals surface area contributed by atoms with Crippen molar-refractivity contribution < 1.29 is 60.8 Å². The Kier molecular flexibility index (Phi) is 13.5. The van der Waals surface area contributed by atoms with E-state index in [0.29, 0.717) is 17.8 Å². The number of carboxylic acids is 3. The van der Waals surface area contributed by atoms with Crippen LogP contribution in [0.15, 0.2) is 53.6 Å². The van der Waals surface area contributed by atoms with Gasteiger partial charge < -0.3 is 35.8 Å². The topological polar surface area (TPSA) is 213 Å². The average Bonchev–Trinajstić information content (AvgIpc) is 3.90. The highest BCUT2D eigenvalue weighted by Gasteiger charge is 2.39. The van der Waals surface area contributed by atoms with Crippen LogP contribution >= 0.6 is 0 Å². The van der Waals surface area contributed by atoms with Gasteiger partial charge in [-0.1, -0.05) is 12.1 Å². The number of anilines is 2. The number of aliphatic carboxylic acids is 3. The molecule has 1 fully saturated rings. The Bertz CT molecular complexity index is 1740. The number of amides is 1. The minimum Gasteiger partial charge on any atom is -0.481 e. The number of rotatable bonds is 10. The van der Waals surface area contributed by atoms with Crippen LogP contribution in [0.5, 0.6) is 0 Å². The molecule has 5 rings (SSSR count). The van der Waals surface area contributed by atoms with Crippen molar-refractivity contribution in [2.24, 2.45) is 0 Å². The number of hydrogen-bond donors (Lipinski definition) is 6. The highest BCUT2D eigenvalue weighted by atomic mass is 19.4. The lowest BCUT2D eigenvalue weighted by molar-refractivity contribution is -0.193. The normalized spacial score (nSPS) is 14.2. The van der Waals surface area contributed by atoms with Crippen LogP contribution in [0.25, 0.3) is 0 Å². The highest BCUT2D eigenvalue weighted by Crippen LogP contribution is 2.39. The maximum Gasteiger partial charge on any atom is 0.490 e. The van der Waals surface area contributed by atoms with Crippen molar-refractivity contribution in [1.82, 2.24) is 19.9 Å². The number of nitrogens with one attached hydrogen (secondary N) is 3. The van der Waals surface area contributed by atoms with Gasteiger partial charge in [-0.2, -0.15) is 26.3 Å². The minimum atomic E-state index is -5.08. The Morgan fingerprint density at radius 3 is 2.16 bits per heavy atom. The van der Waals surface area contributed by atoms with Gasteiger partial charge in [0, 0.05) is 24.6 Å². The molecule has 0 bridgehead atoms. The molecule has 0 unspecified atom stereocenters. The third-order valence-corrected chi connectivity index (χ3v) is 7.20. The zero-order chi connectivity index (χ0) is 37.9. The molecular weight excluding hydrogens is 698 g/mol. The summed E-state index contributed by atoms with van der Waals surface area (Å²) in [5.41, 5.74) is 3.53. The van der Waals surface area contributed by atoms with E-state index in [1.165, 1.54) is 16.3 Å². The van der Waals surface area contributed by atoms with Crippen molar-refractivity contribution in [1.29, 1.82) is 0 Å². The summed E-state index contributed by atoms with van der Waals surface area (Å²) in [5.74, 6) is -5.84. The molecule has 3 aromatic rings. The number of carbonyl (C=O) groups excluding carboxylic acids is 1. The van der Waals surface area contributed by atoms with E-state index in [9.17, 15) is 45.8 Å². The van der Waals surface area contributed by atoms with E-state index in [1.54, 1.807) is 24.4 Å². The zero-order valence-electron chi connectivity index (χ0n) is 26.4. The van der Waals surface area contributed by atoms with Crippen molar-refractivity contribution in [3.05, 3.63) is 81.7 Å². The SMILES string of the molecule is O=C(O)C(F)(F)F.O=C(O)C(F)(F)F.O=C(O)C[C@H](NC(=O)Cn1c(C2CC2)ccc(NCc2ccc3c(n2)NCCC3)c1=O)c1cccnc1. The van der Waals surface area contributed by atoms with Gasteiger partial charge in [-0.15, -0.1) is 0 Å². The molecule has 0 aromatic carbocycles. The van der Waals surface area contributed by atoms with E-state index in [1.807, 2.05) is 12.1 Å². The lowest BCUT2D eigenvalue weighted by Gasteiger charge is -2.20. The molecule has 20 heteroatoms. The van der Waals surface area contributed by atoms with Crippen LogP contribution in [0.2, 0.25) is 0 Å². The second-order valence-corrected chi connectivity index (χ2v) is 11.1. The third kappa shape index (κ3) is 12.6. The Balaban J connectivity index is 0.000000424. The number of alkyl halides is 6. The molecule has 51 heavy (non-hydrogen) atoms. The van der Waals surface area contributed by atoms with E-state index in [2.05, 4.69) is 32.0 Å². The first kappa shape index (κ1) is 39.7. The molecule has 0 spiro atoms. The predicted molar refractivity (Wildman–Crippen MR) is 166 cm³/mol. The van der Waals surface area contributed by atoms with E-state index < -0.39 is 42.2 Å². The monoisotopic (exact) mass is 730 g/mol. The summed E-state index contributed by atoms with van der Waals surface area (Å²) in [5, 5.41) is 32.9. The first-order chi connectivity index (χ1) is 23.9. The van der Waals surface area contributed by atoms with Crippen LogP contribution in [-0.2, 0) is 38.7 Å². The van der Waals surface area contributed by atoms with Crippen LogP contribution in [0, 0.1) is 0 Å². The second kappa shape index (κ2) is 17.3. The number of aromatic nitrogens is 3. The largest absolute Gasteiger partial charge is 0.490 e. The maximum absolute atomic E-state index is 13.4. The quantitative estimate of drug-likeness (QED) is 0.163. The molecule has 1 amide bonds. The maximum atomic E-state index is 13.4. The number of hydrogen-bond acceptors (Lipinski definition) is 9. The Labute approximate surface area is 284 Å². The molecule has 14 nitrogen and oxygen atoms in total. The number of aryl methyl sites for hydroxylation is 1. The highest BCUT2D eigenvalue weighted by molar-refractivity contribution is 5.78. The molecule has 4 heterocycles. The molecule has 1 aliphatic carbocycles. The van der Waals surface area contributed by atoms with Crippen molar-refractivity contribution in [3.8, 4) is 0 Å². The van der Waals surface area contributed by atoms with E-state index in [-0.39, 0.29) is 24.4 Å². The zero-order valence-corrected chi connectivity index (χ0v) is 26.4. The molecule has 2 aliphatic rings. The van der Waals surface area contributed by atoms with Crippen LogP contribution in [0.3, 0.4) is 0 Å². The Morgan fingerprint density at radius 1 is 0.961 bits per heavy atom. The molecule has 0 radical (unpaired) electrons. The van der Waals surface area contributed by atoms with Crippen molar-refractivity contribution in [3.63, 3.8) is 0 Å². The number of carboxylic acid groups (broad SMARTS) is 3. The Morgan fingerprint density at radius 2 is 1.61 bits per heavy atom. The summed E-state index contributed by atoms with van der Waals surface area (Å²) < 4.78 is 65.0. The summed E-state index contributed by atoms with van der Waals surface area (Å²) in [6.45, 7) is 1.08. The number of fused-ring (bicyclic) bond motifs is 1. The smallest absolute Gasteiger partial charge is 0.481 e. The summed E-state index contributed by atoms with van der Waals surface area (Å²) in [4.78, 5) is 64.3. The van der Waals surface area contributed by atoms with Crippen LogP contribution < -0.4 is 21.5 Å². The van der Waals surface area contributed by atoms with E-state index in [4.69, 9.17) is 19.8 Å². The molecular formula is C31H32F6N6O8. The minimum absolute atomic E-state index is 0.197. The van der Waals surface area contributed by atoms with Crippen molar-refractivity contribution in [2.75, 3.05) is 17.2 Å². The van der Waals surface area contributed by atoms with Crippen LogP contribution in [-0.4, -0.2) is 72.6 Å². The number of carbonyl (C=O) groups is 4. The first-order valence-corrected chi connectivity index (χ1v) is 15.1. The third-order valence-electron chi connectivity index (χ3n) is 7.20. The fraction of sp³-hybridized carbons (Fsp3) is 0.387. The molecule has 0 saturated heterocycles. The van der Waals surface area contributed by atoms with Gasteiger partial charge in [0.2, 0.25) is 5.91 Å². The van der Waals surface area contributed by atoms with Gasteiger partial charge in [0.25, 0.3) is 5.56 Å². The molecule has 6 N–H and O–H groups in total. The standard InChI is InChI=1S/C27H30N6O4.2C2HF3O2/c34-24(32-22(13-25(35)36)19-4-1-11-28-14-19)16-33-23(17-5-6-17)10-9-21(27(33)37)30-15-20-8-7-18-3-2-12-29-26(18)31-20;2*3-2(4,5)1(6)7/h1,4,7-11,14,17,22,30H,2-3,5-6,12-13,15-16H2,(H,29,31)(H,32,34)(H,35,36);2*(H,6,7)/t22-;;/m0../s1.